The Balaban J connectivity index is 1.63. The van der Waals surface area contributed by atoms with Crippen LogP contribution in [-0.4, -0.2) is 16.7 Å². The number of nitrogens with zero attached hydrogens (tertiary/aromatic N) is 2. The predicted octanol–water partition coefficient (Wildman–Crippen LogP) is 2.57. The van der Waals surface area contributed by atoms with Gasteiger partial charge in [0.2, 0.25) is 5.89 Å². The zero-order chi connectivity index (χ0) is 12.7. The van der Waals surface area contributed by atoms with Crippen LogP contribution in [0.5, 0.6) is 0 Å². The average molecular weight is 255 g/mol. The molecule has 2 aromatic rings. The molecule has 2 atom stereocenters. The minimum absolute atomic E-state index is 0.262. The van der Waals surface area contributed by atoms with Crippen molar-refractivity contribution in [3.63, 3.8) is 0 Å². The lowest BCUT2D eigenvalue weighted by molar-refractivity contribution is 0.340. The summed E-state index contributed by atoms with van der Waals surface area (Å²) in [5, 5.41) is 7.62. The summed E-state index contributed by atoms with van der Waals surface area (Å²) < 4.78 is 5.45. The lowest BCUT2D eigenvalue weighted by Crippen LogP contribution is -2.13. The summed E-state index contributed by atoms with van der Waals surface area (Å²) in [7, 11) is 0. The first kappa shape index (κ1) is 11.2. The van der Waals surface area contributed by atoms with Gasteiger partial charge in [0, 0.05) is 5.92 Å². The van der Waals surface area contributed by atoms with Gasteiger partial charge in [-0.3, -0.25) is 0 Å². The van der Waals surface area contributed by atoms with E-state index in [4.69, 9.17) is 4.52 Å². The van der Waals surface area contributed by atoms with E-state index in [1.54, 1.807) is 0 Å². The van der Waals surface area contributed by atoms with E-state index < -0.39 is 0 Å². The zero-order valence-corrected chi connectivity index (χ0v) is 10.8. The van der Waals surface area contributed by atoms with Gasteiger partial charge in [-0.15, -0.1) is 0 Å². The molecule has 0 amide bonds. The molecule has 1 saturated heterocycles. The van der Waals surface area contributed by atoms with Crippen LogP contribution in [-0.2, 0) is 6.42 Å². The van der Waals surface area contributed by atoms with E-state index in [1.807, 2.05) is 0 Å². The third kappa shape index (κ3) is 1.87. The molecule has 0 bridgehead atoms. The molecule has 1 fully saturated rings. The van der Waals surface area contributed by atoms with E-state index in [1.165, 1.54) is 17.5 Å². The van der Waals surface area contributed by atoms with Gasteiger partial charge in [-0.25, -0.2) is 0 Å². The Hall–Kier alpha value is -1.68. The van der Waals surface area contributed by atoms with Gasteiger partial charge in [-0.2, -0.15) is 4.98 Å². The van der Waals surface area contributed by atoms with E-state index >= 15 is 0 Å². The average Bonchev–Trinajstić information content (AvgIpc) is 3.18. The molecule has 0 spiro atoms. The Morgan fingerprint density at radius 3 is 3.05 bits per heavy atom. The van der Waals surface area contributed by atoms with Gasteiger partial charge in [0.25, 0.3) is 0 Å². The molecule has 4 nitrogen and oxygen atoms in total. The monoisotopic (exact) mass is 255 g/mol. The first-order valence-corrected chi connectivity index (χ1v) is 7.06. The fourth-order valence-corrected chi connectivity index (χ4v) is 3.25. The smallest absolute Gasteiger partial charge is 0.243 e. The van der Waals surface area contributed by atoms with Gasteiger partial charge in [0.1, 0.15) is 0 Å². The number of benzene rings is 1. The fourth-order valence-electron chi connectivity index (χ4n) is 3.25. The molecule has 0 radical (unpaired) electrons. The summed E-state index contributed by atoms with van der Waals surface area (Å²) in [6.07, 6.45) is 4.50. The van der Waals surface area contributed by atoms with E-state index in [9.17, 15) is 0 Å². The molecule has 1 aromatic heterocycles. The standard InChI is InChI=1S/C15H17N3O/c1-2-5-11-10(4-1)7-8-12(11)14-17-15(19-18-14)13-6-3-9-16-13/h1-2,4-5,12-13,16H,3,6-9H2/t12?,13-/m1/s1. The van der Waals surface area contributed by atoms with Crippen LogP contribution in [0.4, 0.5) is 0 Å². The van der Waals surface area contributed by atoms with E-state index in [0.717, 1.165) is 37.5 Å². The molecular weight excluding hydrogens is 238 g/mol. The van der Waals surface area contributed by atoms with Gasteiger partial charge in [0.15, 0.2) is 5.82 Å². The molecule has 4 heteroatoms. The van der Waals surface area contributed by atoms with Crippen molar-refractivity contribution < 1.29 is 4.52 Å². The number of hydrogen-bond donors (Lipinski definition) is 1. The maximum Gasteiger partial charge on any atom is 0.243 e. The highest BCUT2D eigenvalue weighted by Crippen LogP contribution is 2.37. The van der Waals surface area contributed by atoms with Crippen LogP contribution in [0.2, 0.25) is 0 Å². The van der Waals surface area contributed by atoms with Crippen LogP contribution in [0, 0.1) is 0 Å². The Labute approximate surface area is 112 Å². The molecule has 1 unspecified atom stereocenters. The Kier molecular flexibility index (Phi) is 2.62. The number of hydrogen-bond acceptors (Lipinski definition) is 4. The summed E-state index contributed by atoms with van der Waals surface area (Å²) in [5.74, 6) is 1.93. The highest BCUT2D eigenvalue weighted by Gasteiger charge is 2.29. The van der Waals surface area contributed by atoms with Crippen LogP contribution in [0.3, 0.4) is 0 Å². The van der Waals surface area contributed by atoms with Crippen molar-refractivity contribution in [2.24, 2.45) is 0 Å². The number of aryl methyl sites for hydroxylation is 1. The van der Waals surface area contributed by atoms with Gasteiger partial charge in [-0.05, 0) is 43.4 Å². The van der Waals surface area contributed by atoms with Crippen molar-refractivity contribution in [1.82, 2.24) is 15.5 Å². The van der Waals surface area contributed by atoms with Crippen LogP contribution in [0.15, 0.2) is 28.8 Å². The van der Waals surface area contributed by atoms with Gasteiger partial charge in [0.05, 0.1) is 6.04 Å². The Bertz CT molecular complexity index is 587. The molecule has 19 heavy (non-hydrogen) atoms. The van der Waals surface area contributed by atoms with Crippen LogP contribution in [0.1, 0.15) is 54.1 Å². The van der Waals surface area contributed by atoms with Crippen molar-refractivity contribution in [3.8, 4) is 0 Å². The quantitative estimate of drug-likeness (QED) is 0.896. The van der Waals surface area contributed by atoms with Crippen LogP contribution >= 0.6 is 0 Å². The van der Waals surface area contributed by atoms with E-state index in [2.05, 4.69) is 39.7 Å². The molecule has 4 rings (SSSR count). The lowest BCUT2D eigenvalue weighted by atomic mass is 10.0. The highest BCUT2D eigenvalue weighted by molar-refractivity contribution is 5.38. The molecule has 2 heterocycles. The molecule has 1 aliphatic carbocycles. The summed E-state index contributed by atoms with van der Waals surface area (Å²) >= 11 is 0. The maximum atomic E-state index is 5.45. The lowest BCUT2D eigenvalue weighted by Gasteiger charge is -2.06. The van der Waals surface area contributed by atoms with E-state index in [0.29, 0.717) is 5.92 Å². The van der Waals surface area contributed by atoms with E-state index in [-0.39, 0.29) is 6.04 Å². The summed E-state index contributed by atoms with van der Waals surface area (Å²) in [6, 6.07) is 8.85. The van der Waals surface area contributed by atoms with Crippen molar-refractivity contribution in [3.05, 3.63) is 47.1 Å². The Morgan fingerprint density at radius 2 is 2.16 bits per heavy atom. The van der Waals surface area contributed by atoms with Crippen molar-refractivity contribution in [1.29, 1.82) is 0 Å². The SMILES string of the molecule is c1ccc2c(c1)CCC2c1noc([C@H]2CCCN2)n1. The first-order valence-electron chi connectivity index (χ1n) is 7.06. The number of rotatable bonds is 2. The Morgan fingerprint density at radius 1 is 1.21 bits per heavy atom. The second-order valence-corrected chi connectivity index (χ2v) is 5.43. The maximum absolute atomic E-state index is 5.45. The number of fused-ring (bicyclic) bond motifs is 1. The van der Waals surface area contributed by atoms with Gasteiger partial charge in [-0.1, -0.05) is 29.4 Å². The molecule has 0 saturated carbocycles. The molecule has 1 N–H and O–H groups in total. The summed E-state index contributed by atoms with van der Waals surface area (Å²) in [6.45, 7) is 1.05. The number of aromatic nitrogens is 2. The van der Waals surface area contributed by atoms with Gasteiger partial charge >= 0.3 is 0 Å². The third-order valence-electron chi connectivity index (χ3n) is 4.26. The minimum atomic E-state index is 0.262. The summed E-state index contributed by atoms with van der Waals surface area (Å²) in [4.78, 5) is 4.63. The van der Waals surface area contributed by atoms with Crippen LogP contribution < -0.4 is 5.32 Å². The third-order valence-corrected chi connectivity index (χ3v) is 4.26. The molecule has 1 aliphatic heterocycles. The first-order chi connectivity index (χ1) is 9.42. The number of nitrogens with one attached hydrogen (secondary N) is 1. The minimum Gasteiger partial charge on any atom is -0.338 e. The van der Waals surface area contributed by atoms with Gasteiger partial charge < -0.3 is 9.84 Å². The predicted molar refractivity (Wildman–Crippen MR) is 70.9 cm³/mol. The second-order valence-electron chi connectivity index (χ2n) is 5.43. The molecule has 1 aromatic carbocycles. The molecule has 2 aliphatic rings. The molecule has 98 valence electrons. The largest absolute Gasteiger partial charge is 0.338 e. The van der Waals surface area contributed by atoms with Crippen molar-refractivity contribution >= 4 is 0 Å². The second kappa shape index (κ2) is 4.46. The highest BCUT2D eigenvalue weighted by atomic mass is 16.5. The normalized spacial score (nSPS) is 25.7. The van der Waals surface area contributed by atoms with Crippen molar-refractivity contribution in [2.45, 2.75) is 37.6 Å². The topological polar surface area (TPSA) is 51.0 Å². The van der Waals surface area contributed by atoms with Crippen LogP contribution in [0.25, 0.3) is 0 Å². The van der Waals surface area contributed by atoms with Crippen molar-refractivity contribution in [2.75, 3.05) is 6.54 Å². The summed E-state index contributed by atoms with van der Waals surface area (Å²) in [5.41, 5.74) is 2.80. The molecular formula is C15H17N3O. The fraction of sp³-hybridized carbons (Fsp3) is 0.467. The zero-order valence-electron chi connectivity index (χ0n) is 10.8.